The molecule has 7 heteroatoms. The highest BCUT2D eigenvalue weighted by Crippen LogP contribution is 2.56. The van der Waals surface area contributed by atoms with Crippen LogP contribution in [0.25, 0.3) is 0 Å². The Bertz CT molecular complexity index is 1300. The zero-order valence-electron chi connectivity index (χ0n) is 25.2. The highest BCUT2D eigenvalue weighted by Gasteiger charge is 2.55. The van der Waals surface area contributed by atoms with Crippen LogP contribution < -0.4 is 4.74 Å². The second kappa shape index (κ2) is 12.4. The SMILES string of the molecule is O=C(OCOc1ccc2c(c1)[C@]13CCCC[C@@H]1[C@H](C2)N(C(=O)OCc1ccccc1)CC3)OC1CCC[C@@H]2CCCC[C@H]12. The molecule has 2 bridgehead atoms. The van der Waals surface area contributed by atoms with Crippen molar-refractivity contribution in [1.82, 2.24) is 4.90 Å². The van der Waals surface area contributed by atoms with Crippen molar-refractivity contribution in [2.24, 2.45) is 17.8 Å². The average molecular weight is 588 g/mol. The molecule has 1 saturated heterocycles. The molecule has 0 radical (unpaired) electrons. The van der Waals surface area contributed by atoms with E-state index in [1.807, 2.05) is 41.3 Å². The largest absolute Gasteiger partial charge is 0.511 e. The lowest BCUT2D eigenvalue weighted by Gasteiger charge is -2.58. The van der Waals surface area contributed by atoms with Crippen LogP contribution in [0.4, 0.5) is 9.59 Å². The smallest absolute Gasteiger partial charge is 0.457 e. The molecule has 0 N–H and O–H groups in total. The molecule has 230 valence electrons. The maximum absolute atomic E-state index is 13.3. The van der Waals surface area contributed by atoms with Gasteiger partial charge >= 0.3 is 12.2 Å². The standard InChI is InChI=1S/C36H45NO6/c38-34(40-23-25-9-2-1-3-10-25)37-20-19-36-18-7-6-14-30(36)32(37)21-27-16-17-28(22-31(27)36)41-24-42-35(39)43-33-15-8-12-26-11-4-5-13-29(26)33/h1-3,9-10,16-17,22,26,29-30,32-33H,4-8,11-15,18-21,23-24H2/t26-,29-,30+,32-,33?,36-/m0/s1. The highest BCUT2D eigenvalue weighted by atomic mass is 16.8. The van der Waals surface area contributed by atoms with Gasteiger partial charge in [-0.25, -0.2) is 9.59 Å². The number of ether oxygens (including phenoxy) is 4. The summed E-state index contributed by atoms with van der Waals surface area (Å²) < 4.78 is 23.0. The number of hydrogen-bond acceptors (Lipinski definition) is 6. The quantitative estimate of drug-likeness (QED) is 0.252. The van der Waals surface area contributed by atoms with Crippen LogP contribution in [0.2, 0.25) is 0 Å². The van der Waals surface area contributed by atoms with Crippen LogP contribution >= 0.6 is 0 Å². The summed E-state index contributed by atoms with van der Waals surface area (Å²) in [4.78, 5) is 27.9. The van der Waals surface area contributed by atoms with Gasteiger partial charge in [-0.1, -0.05) is 68.5 Å². The van der Waals surface area contributed by atoms with Crippen LogP contribution in [0.1, 0.15) is 93.7 Å². The van der Waals surface area contributed by atoms with E-state index in [4.69, 9.17) is 18.9 Å². The number of benzene rings is 2. The summed E-state index contributed by atoms with van der Waals surface area (Å²) in [6.07, 6.45) is 13.8. The summed E-state index contributed by atoms with van der Waals surface area (Å²) in [5, 5.41) is 0. The summed E-state index contributed by atoms with van der Waals surface area (Å²) in [7, 11) is 0. The zero-order chi connectivity index (χ0) is 29.2. The van der Waals surface area contributed by atoms with E-state index in [1.54, 1.807) is 0 Å². The highest BCUT2D eigenvalue weighted by molar-refractivity contribution is 5.69. The predicted molar refractivity (Wildman–Crippen MR) is 162 cm³/mol. The van der Waals surface area contributed by atoms with Crippen LogP contribution in [0.5, 0.6) is 5.75 Å². The van der Waals surface area contributed by atoms with E-state index in [1.165, 1.54) is 49.7 Å². The van der Waals surface area contributed by atoms with Gasteiger partial charge in [-0.2, -0.15) is 0 Å². The van der Waals surface area contributed by atoms with Crippen LogP contribution in [-0.4, -0.2) is 42.6 Å². The minimum Gasteiger partial charge on any atom is -0.457 e. The maximum atomic E-state index is 13.3. The number of hydrogen-bond donors (Lipinski definition) is 0. The molecule has 2 aromatic rings. The number of likely N-dealkylation sites (tertiary alicyclic amines) is 1. The van der Waals surface area contributed by atoms with Crippen LogP contribution in [0.3, 0.4) is 0 Å². The van der Waals surface area contributed by atoms with Crippen molar-refractivity contribution in [2.45, 2.75) is 108 Å². The number of amides is 1. The molecule has 0 spiro atoms. The van der Waals surface area contributed by atoms with Gasteiger partial charge in [-0.15, -0.1) is 0 Å². The third kappa shape index (κ3) is 5.72. The third-order valence-electron chi connectivity index (χ3n) is 11.4. The normalized spacial score (nSPS) is 31.1. The molecule has 1 aliphatic heterocycles. The zero-order valence-corrected chi connectivity index (χ0v) is 25.2. The Kier molecular flexibility index (Phi) is 8.24. The lowest BCUT2D eigenvalue weighted by atomic mass is 9.52. The lowest BCUT2D eigenvalue weighted by Crippen LogP contribution is -2.62. The van der Waals surface area contributed by atoms with Gasteiger partial charge in [0.2, 0.25) is 6.79 Å². The van der Waals surface area contributed by atoms with E-state index in [2.05, 4.69) is 12.1 Å². The van der Waals surface area contributed by atoms with Gasteiger partial charge < -0.3 is 23.8 Å². The number of carbonyl (C=O) groups is 2. The van der Waals surface area contributed by atoms with Crippen molar-refractivity contribution in [3.8, 4) is 5.75 Å². The number of carbonyl (C=O) groups excluding carboxylic acids is 2. The molecule has 1 unspecified atom stereocenters. The summed E-state index contributed by atoms with van der Waals surface area (Å²) in [6, 6.07) is 16.3. The molecular formula is C36H45NO6. The number of piperidine rings is 1. The van der Waals surface area contributed by atoms with E-state index >= 15 is 0 Å². The second-order valence-electron chi connectivity index (χ2n) is 13.5. The van der Waals surface area contributed by atoms with E-state index in [0.717, 1.165) is 56.3 Å². The number of rotatable bonds is 6. The molecule has 1 heterocycles. The molecule has 2 aromatic carbocycles. The van der Waals surface area contributed by atoms with Crippen LogP contribution in [0, 0.1) is 17.8 Å². The third-order valence-corrected chi connectivity index (χ3v) is 11.4. The molecule has 5 aliphatic rings. The molecule has 4 aliphatic carbocycles. The molecule has 6 atom stereocenters. The first-order valence-electron chi connectivity index (χ1n) is 16.7. The molecular weight excluding hydrogens is 542 g/mol. The van der Waals surface area contributed by atoms with Crippen LogP contribution in [-0.2, 0) is 32.7 Å². The molecule has 43 heavy (non-hydrogen) atoms. The van der Waals surface area contributed by atoms with Gasteiger partial charge in [0.25, 0.3) is 0 Å². The molecule has 3 saturated carbocycles. The van der Waals surface area contributed by atoms with Crippen molar-refractivity contribution in [2.75, 3.05) is 13.3 Å². The van der Waals surface area contributed by atoms with E-state index in [0.29, 0.717) is 30.9 Å². The summed E-state index contributed by atoms with van der Waals surface area (Å²) >= 11 is 0. The fourth-order valence-corrected chi connectivity index (χ4v) is 9.43. The minimum atomic E-state index is -0.616. The fourth-order valence-electron chi connectivity index (χ4n) is 9.43. The minimum absolute atomic E-state index is 0.0212. The Morgan fingerprint density at radius 1 is 0.860 bits per heavy atom. The van der Waals surface area contributed by atoms with Crippen molar-refractivity contribution >= 4 is 12.2 Å². The Morgan fingerprint density at radius 3 is 2.60 bits per heavy atom. The maximum Gasteiger partial charge on any atom is 0.511 e. The topological polar surface area (TPSA) is 74.3 Å². The summed E-state index contributed by atoms with van der Waals surface area (Å²) in [5.41, 5.74) is 3.70. The van der Waals surface area contributed by atoms with Crippen molar-refractivity contribution in [3.05, 3.63) is 65.2 Å². The van der Waals surface area contributed by atoms with E-state index in [-0.39, 0.29) is 30.4 Å². The number of fused-ring (bicyclic) bond motifs is 2. The molecule has 7 rings (SSSR count). The Morgan fingerprint density at radius 2 is 1.70 bits per heavy atom. The van der Waals surface area contributed by atoms with E-state index < -0.39 is 6.16 Å². The predicted octanol–water partition coefficient (Wildman–Crippen LogP) is 7.93. The Hall–Kier alpha value is -3.22. The summed E-state index contributed by atoms with van der Waals surface area (Å²) in [6.45, 7) is 0.850. The fraction of sp³-hybridized carbons (Fsp3) is 0.611. The van der Waals surface area contributed by atoms with Crippen molar-refractivity contribution in [1.29, 1.82) is 0 Å². The number of nitrogens with zero attached hydrogens (tertiary/aromatic N) is 1. The first kappa shape index (κ1) is 28.5. The van der Waals surface area contributed by atoms with E-state index in [9.17, 15) is 9.59 Å². The van der Waals surface area contributed by atoms with Gasteiger partial charge in [-0.3, -0.25) is 0 Å². The van der Waals surface area contributed by atoms with Gasteiger partial charge in [0.1, 0.15) is 18.5 Å². The van der Waals surface area contributed by atoms with Gasteiger partial charge in [-0.05, 0) is 97.9 Å². The Labute approximate surface area is 255 Å². The second-order valence-corrected chi connectivity index (χ2v) is 13.5. The summed E-state index contributed by atoms with van der Waals surface area (Å²) in [5.74, 6) is 2.31. The lowest BCUT2D eigenvalue weighted by molar-refractivity contribution is -0.0563. The molecule has 4 fully saturated rings. The first-order chi connectivity index (χ1) is 21.1. The average Bonchev–Trinajstić information content (AvgIpc) is 3.04. The van der Waals surface area contributed by atoms with Crippen LogP contribution in [0.15, 0.2) is 48.5 Å². The molecule has 7 nitrogen and oxygen atoms in total. The van der Waals surface area contributed by atoms with Gasteiger partial charge in [0, 0.05) is 18.0 Å². The first-order valence-corrected chi connectivity index (χ1v) is 16.7. The monoisotopic (exact) mass is 587 g/mol. The van der Waals surface area contributed by atoms with Crippen molar-refractivity contribution in [3.63, 3.8) is 0 Å². The van der Waals surface area contributed by atoms with Crippen molar-refractivity contribution < 1.29 is 28.5 Å². The molecule has 1 amide bonds. The molecule has 0 aromatic heterocycles. The Balaban J connectivity index is 0.990. The van der Waals surface area contributed by atoms with Gasteiger partial charge in [0.05, 0.1) is 0 Å². The van der Waals surface area contributed by atoms with Gasteiger partial charge in [0.15, 0.2) is 0 Å².